The molecule has 2 amide bonds. The van der Waals surface area contributed by atoms with Crippen LogP contribution in [0, 0.1) is 11.8 Å². The molecule has 2 aromatic heterocycles. The van der Waals surface area contributed by atoms with Crippen molar-refractivity contribution < 1.29 is 24.5 Å². The van der Waals surface area contributed by atoms with Gasteiger partial charge in [0, 0.05) is 42.3 Å². The molecule has 0 radical (unpaired) electrons. The molecular weight excluding hydrogens is 534 g/mol. The number of aromatic nitrogens is 2. The molecule has 0 atom stereocenters. The maximum absolute atomic E-state index is 13.5. The fourth-order valence-corrected chi connectivity index (χ4v) is 5.43. The highest BCUT2D eigenvalue weighted by Crippen LogP contribution is 2.31. The Morgan fingerprint density at radius 1 is 1.05 bits per heavy atom. The number of amides is 2. The lowest BCUT2D eigenvalue weighted by molar-refractivity contribution is 0.0786. The number of anilines is 1. The first-order chi connectivity index (χ1) is 20.2. The minimum absolute atomic E-state index is 0.000288. The summed E-state index contributed by atoms with van der Waals surface area (Å²) in [5.41, 5.74) is 2.38. The third-order valence-electron chi connectivity index (χ3n) is 7.81. The molecule has 1 aliphatic carbocycles. The molecule has 1 fully saturated rings. The van der Waals surface area contributed by atoms with Crippen molar-refractivity contribution in [3.8, 4) is 11.3 Å². The number of benzene rings is 1. The molecule has 1 aliphatic rings. The third kappa shape index (κ3) is 8.39. The van der Waals surface area contributed by atoms with Gasteiger partial charge in [0.2, 0.25) is 0 Å². The molecular formula is C32H43N5O5. The molecule has 226 valence electrons. The highest BCUT2D eigenvalue weighted by Gasteiger charge is 2.31. The number of aliphatic hydroxyl groups excluding tert-OH is 1. The molecule has 0 spiro atoms. The topological polar surface area (TPSA) is 137 Å². The van der Waals surface area contributed by atoms with Crippen LogP contribution in [0.5, 0.6) is 0 Å². The summed E-state index contributed by atoms with van der Waals surface area (Å²) in [4.78, 5) is 36.0. The Balaban J connectivity index is 1.37. The van der Waals surface area contributed by atoms with E-state index < -0.39 is 11.6 Å². The maximum Gasteiger partial charge on any atom is 0.407 e. The zero-order valence-electron chi connectivity index (χ0n) is 24.8. The van der Waals surface area contributed by atoms with Crippen molar-refractivity contribution in [1.29, 1.82) is 0 Å². The molecule has 4 N–H and O–H groups in total. The minimum atomic E-state index is -0.871. The molecule has 0 saturated heterocycles. The van der Waals surface area contributed by atoms with Gasteiger partial charge in [-0.25, -0.2) is 14.8 Å². The fraction of sp³-hybridized carbons (Fsp3) is 0.500. The molecule has 42 heavy (non-hydrogen) atoms. The lowest BCUT2D eigenvalue weighted by atomic mass is 9.81. The second-order valence-electron chi connectivity index (χ2n) is 11.9. The number of nitrogens with one attached hydrogen (secondary N) is 2. The highest BCUT2D eigenvalue weighted by atomic mass is 16.5. The first-order valence-corrected chi connectivity index (χ1v) is 14.7. The number of carbonyl (C=O) groups excluding carboxylic acids is 1. The van der Waals surface area contributed by atoms with E-state index in [1.807, 2.05) is 63.2 Å². The summed E-state index contributed by atoms with van der Waals surface area (Å²) in [6.07, 6.45) is 4.70. The number of carboxylic acid groups (broad SMARTS) is 1. The van der Waals surface area contributed by atoms with Gasteiger partial charge in [0.05, 0.1) is 36.6 Å². The summed E-state index contributed by atoms with van der Waals surface area (Å²) >= 11 is 0. The van der Waals surface area contributed by atoms with E-state index in [0.717, 1.165) is 42.1 Å². The van der Waals surface area contributed by atoms with Crippen LogP contribution in [0.25, 0.3) is 22.2 Å². The van der Waals surface area contributed by atoms with Crippen LogP contribution in [-0.2, 0) is 4.74 Å². The number of rotatable bonds is 12. The Morgan fingerprint density at radius 2 is 1.79 bits per heavy atom. The van der Waals surface area contributed by atoms with E-state index in [-0.39, 0.29) is 12.5 Å². The Bertz CT molecular complexity index is 1330. The second kappa shape index (κ2) is 14.4. The van der Waals surface area contributed by atoms with Crippen LogP contribution in [0.15, 0.2) is 48.7 Å². The van der Waals surface area contributed by atoms with Crippen LogP contribution >= 0.6 is 0 Å². The van der Waals surface area contributed by atoms with E-state index >= 15 is 0 Å². The molecule has 10 heteroatoms. The molecule has 3 aromatic rings. The quantitative estimate of drug-likeness (QED) is 0.220. The Morgan fingerprint density at radius 3 is 2.45 bits per heavy atom. The minimum Gasteiger partial charge on any atom is -0.465 e. The van der Waals surface area contributed by atoms with Crippen molar-refractivity contribution in [2.24, 2.45) is 11.8 Å². The number of carbonyl (C=O) groups is 2. The van der Waals surface area contributed by atoms with Crippen LogP contribution < -0.4 is 10.6 Å². The number of hydrogen-bond acceptors (Lipinski definition) is 7. The van der Waals surface area contributed by atoms with Gasteiger partial charge >= 0.3 is 6.09 Å². The largest absolute Gasteiger partial charge is 0.465 e. The summed E-state index contributed by atoms with van der Waals surface area (Å²) in [7, 11) is 0. The first kappa shape index (κ1) is 31.2. The summed E-state index contributed by atoms with van der Waals surface area (Å²) in [5, 5.41) is 25.6. The fourth-order valence-electron chi connectivity index (χ4n) is 5.43. The number of para-hydroxylation sites is 1. The number of aliphatic hydroxyl groups is 1. The zero-order valence-corrected chi connectivity index (χ0v) is 24.8. The Kier molecular flexibility index (Phi) is 10.7. The van der Waals surface area contributed by atoms with E-state index in [4.69, 9.17) is 14.8 Å². The van der Waals surface area contributed by atoms with Crippen molar-refractivity contribution in [2.75, 3.05) is 44.8 Å². The van der Waals surface area contributed by atoms with Gasteiger partial charge in [0.15, 0.2) is 0 Å². The molecule has 0 unspecified atom stereocenters. The van der Waals surface area contributed by atoms with Crippen LogP contribution in [-0.4, -0.2) is 82.1 Å². The normalized spacial score (nSPS) is 17.1. The van der Waals surface area contributed by atoms with Gasteiger partial charge in [-0.05, 0) is 82.6 Å². The Hall–Kier alpha value is -3.76. The molecule has 1 aromatic carbocycles. The van der Waals surface area contributed by atoms with Gasteiger partial charge in [-0.15, -0.1) is 0 Å². The van der Waals surface area contributed by atoms with Gasteiger partial charge in [-0.1, -0.05) is 18.2 Å². The van der Waals surface area contributed by atoms with Crippen LogP contribution in [0.3, 0.4) is 0 Å². The Labute approximate surface area is 247 Å². The lowest BCUT2D eigenvalue weighted by Gasteiger charge is -2.38. The van der Waals surface area contributed by atoms with E-state index in [2.05, 4.69) is 15.6 Å². The predicted octanol–water partition coefficient (Wildman–Crippen LogP) is 5.03. The van der Waals surface area contributed by atoms with Crippen molar-refractivity contribution in [2.45, 2.75) is 52.0 Å². The van der Waals surface area contributed by atoms with E-state index in [9.17, 15) is 14.7 Å². The maximum atomic E-state index is 13.5. The summed E-state index contributed by atoms with van der Waals surface area (Å²) in [5.74, 6) is 1.28. The summed E-state index contributed by atoms with van der Waals surface area (Å²) < 4.78 is 5.26. The SMILES string of the molecule is CC(C)(C)N(C[C@H]1CC[C@H](CNC(=O)c2cc(-c3ccc(NCCOCCO)nc3)nc3ccccc23)CC1)C(=O)O. The van der Waals surface area contributed by atoms with Gasteiger partial charge in [0.25, 0.3) is 5.91 Å². The highest BCUT2D eigenvalue weighted by molar-refractivity contribution is 6.07. The number of pyridine rings is 2. The number of hydrogen-bond donors (Lipinski definition) is 4. The lowest BCUT2D eigenvalue weighted by Crippen LogP contribution is -2.47. The van der Waals surface area contributed by atoms with E-state index in [0.29, 0.717) is 61.8 Å². The zero-order chi connectivity index (χ0) is 30.1. The number of ether oxygens (including phenoxy) is 1. The van der Waals surface area contributed by atoms with Crippen molar-refractivity contribution in [3.05, 3.63) is 54.2 Å². The molecule has 0 aliphatic heterocycles. The average molecular weight is 578 g/mol. The first-order valence-electron chi connectivity index (χ1n) is 14.7. The molecule has 2 heterocycles. The molecule has 1 saturated carbocycles. The van der Waals surface area contributed by atoms with E-state index in [1.165, 1.54) is 0 Å². The molecule has 10 nitrogen and oxygen atoms in total. The molecule has 0 bridgehead atoms. The summed E-state index contributed by atoms with van der Waals surface area (Å²) in [6, 6.07) is 13.3. The average Bonchev–Trinajstić information content (AvgIpc) is 2.98. The van der Waals surface area contributed by atoms with Crippen LogP contribution in [0.4, 0.5) is 10.6 Å². The monoisotopic (exact) mass is 577 g/mol. The third-order valence-corrected chi connectivity index (χ3v) is 7.81. The van der Waals surface area contributed by atoms with Crippen LogP contribution in [0.2, 0.25) is 0 Å². The van der Waals surface area contributed by atoms with Crippen molar-refractivity contribution in [1.82, 2.24) is 20.2 Å². The second-order valence-corrected chi connectivity index (χ2v) is 11.9. The summed E-state index contributed by atoms with van der Waals surface area (Å²) in [6.45, 7) is 8.28. The standard InChI is InChI=1S/C32H43N5O5/c1-32(2,3)37(31(40)41)21-23-10-8-22(9-11-23)19-35-30(39)26-18-28(36-27-7-5-4-6-25(26)27)24-12-13-29(34-20-24)33-14-16-42-17-15-38/h4-7,12-13,18,20,22-23,38H,8-11,14-17,19,21H2,1-3H3,(H,33,34)(H,35,39)(H,40,41)/t22-,23-. The molecule has 4 rings (SSSR count). The van der Waals surface area contributed by atoms with Crippen molar-refractivity contribution in [3.63, 3.8) is 0 Å². The van der Waals surface area contributed by atoms with Gasteiger partial charge in [0.1, 0.15) is 5.82 Å². The van der Waals surface area contributed by atoms with Crippen molar-refractivity contribution >= 4 is 28.7 Å². The number of nitrogens with zero attached hydrogens (tertiary/aromatic N) is 3. The van der Waals surface area contributed by atoms with Gasteiger partial charge < -0.3 is 30.5 Å². The van der Waals surface area contributed by atoms with Gasteiger partial charge in [-0.2, -0.15) is 0 Å². The smallest absolute Gasteiger partial charge is 0.407 e. The van der Waals surface area contributed by atoms with E-state index in [1.54, 1.807) is 11.1 Å². The van der Waals surface area contributed by atoms with Gasteiger partial charge in [-0.3, -0.25) is 4.79 Å². The number of fused-ring (bicyclic) bond motifs is 1. The van der Waals surface area contributed by atoms with Crippen LogP contribution in [0.1, 0.15) is 56.8 Å². The predicted molar refractivity (Wildman–Crippen MR) is 164 cm³/mol.